The Kier molecular flexibility index (Phi) is 7.44. The number of unbranched alkanes of at least 4 members (excludes halogenated alkanes) is 3. The molecule has 0 aliphatic heterocycles. The zero-order valence-electron chi connectivity index (χ0n) is 12.3. The van der Waals surface area contributed by atoms with E-state index in [9.17, 15) is 0 Å². The van der Waals surface area contributed by atoms with E-state index in [1.54, 1.807) is 0 Å². The van der Waals surface area contributed by atoms with Crippen LogP contribution in [-0.4, -0.2) is 28.3 Å². The van der Waals surface area contributed by atoms with Crippen molar-refractivity contribution in [3.8, 4) is 0 Å². The summed E-state index contributed by atoms with van der Waals surface area (Å²) in [4.78, 5) is 0. The van der Waals surface area contributed by atoms with Crippen molar-refractivity contribution in [2.45, 2.75) is 46.1 Å². The maximum Gasteiger partial charge on any atom is 0.0641 e. The molecule has 0 fully saturated rings. The fourth-order valence-electron chi connectivity index (χ4n) is 2.14. The van der Waals surface area contributed by atoms with Crippen molar-refractivity contribution in [2.75, 3.05) is 18.6 Å². The van der Waals surface area contributed by atoms with Crippen LogP contribution in [0.1, 0.15) is 42.6 Å². The summed E-state index contributed by atoms with van der Waals surface area (Å²) in [5, 5.41) is 7.96. The van der Waals surface area contributed by atoms with Crippen LogP contribution in [-0.2, 0) is 13.6 Å². The first-order chi connectivity index (χ1) is 8.66. The van der Waals surface area contributed by atoms with Gasteiger partial charge in [0.25, 0.3) is 0 Å². The predicted octanol–water partition coefficient (Wildman–Crippen LogP) is 3.05. The van der Waals surface area contributed by atoms with Gasteiger partial charge in [-0.1, -0.05) is 12.8 Å². The molecule has 0 bridgehead atoms. The Morgan fingerprint density at radius 3 is 2.50 bits per heavy atom. The van der Waals surface area contributed by atoms with Crippen molar-refractivity contribution in [3.05, 3.63) is 17.0 Å². The summed E-state index contributed by atoms with van der Waals surface area (Å²) >= 11 is 1.95. The van der Waals surface area contributed by atoms with Crippen molar-refractivity contribution >= 4 is 11.8 Å². The number of thioether (sulfide) groups is 1. The lowest BCUT2D eigenvalue weighted by atomic mass is 10.2. The van der Waals surface area contributed by atoms with Crippen molar-refractivity contribution < 1.29 is 0 Å². The van der Waals surface area contributed by atoms with Crippen LogP contribution in [0.2, 0.25) is 0 Å². The van der Waals surface area contributed by atoms with E-state index in [0.29, 0.717) is 0 Å². The van der Waals surface area contributed by atoms with Crippen LogP contribution in [0, 0.1) is 13.8 Å². The molecule has 0 unspecified atom stereocenters. The molecule has 1 N–H and O–H groups in total. The molecule has 0 saturated heterocycles. The Morgan fingerprint density at radius 2 is 1.89 bits per heavy atom. The van der Waals surface area contributed by atoms with Crippen molar-refractivity contribution in [2.24, 2.45) is 7.05 Å². The van der Waals surface area contributed by atoms with Crippen LogP contribution < -0.4 is 5.32 Å². The number of nitrogens with one attached hydrogen (secondary N) is 1. The molecule has 1 aromatic heterocycles. The average Bonchev–Trinajstić information content (AvgIpc) is 2.58. The smallest absolute Gasteiger partial charge is 0.0641 e. The van der Waals surface area contributed by atoms with E-state index in [0.717, 1.165) is 18.8 Å². The van der Waals surface area contributed by atoms with Gasteiger partial charge in [-0.15, -0.1) is 0 Å². The van der Waals surface area contributed by atoms with Gasteiger partial charge in [-0.05, 0) is 45.2 Å². The SMILES string of the molecule is CSCCCCCCNCc1c(C)nn(C)c1C. The second kappa shape index (κ2) is 8.59. The van der Waals surface area contributed by atoms with E-state index < -0.39 is 0 Å². The Balaban J connectivity index is 2.11. The molecule has 1 aromatic rings. The summed E-state index contributed by atoms with van der Waals surface area (Å²) in [7, 11) is 2.01. The number of hydrogen-bond acceptors (Lipinski definition) is 3. The van der Waals surface area contributed by atoms with Gasteiger partial charge in [-0.25, -0.2) is 0 Å². The highest BCUT2D eigenvalue weighted by Gasteiger charge is 2.07. The highest BCUT2D eigenvalue weighted by Crippen LogP contribution is 2.11. The summed E-state index contributed by atoms with van der Waals surface area (Å²) in [6, 6.07) is 0. The summed E-state index contributed by atoms with van der Waals surface area (Å²) in [6.45, 7) is 6.30. The zero-order chi connectivity index (χ0) is 13.4. The van der Waals surface area contributed by atoms with E-state index in [1.807, 2.05) is 23.5 Å². The van der Waals surface area contributed by atoms with Crippen molar-refractivity contribution in [1.29, 1.82) is 0 Å². The van der Waals surface area contributed by atoms with Crippen LogP contribution in [0.4, 0.5) is 0 Å². The summed E-state index contributed by atoms with van der Waals surface area (Å²) < 4.78 is 1.97. The summed E-state index contributed by atoms with van der Waals surface area (Å²) in [5.41, 5.74) is 3.79. The van der Waals surface area contributed by atoms with Gasteiger partial charge >= 0.3 is 0 Å². The Labute approximate surface area is 116 Å². The second-order valence-corrected chi connectivity index (χ2v) is 5.84. The minimum absolute atomic E-state index is 0.955. The highest BCUT2D eigenvalue weighted by atomic mass is 32.2. The summed E-state index contributed by atoms with van der Waals surface area (Å²) in [5.74, 6) is 1.31. The molecule has 1 heterocycles. The molecule has 0 radical (unpaired) electrons. The normalized spacial score (nSPS) is 11.1. The molecular formula is C14H27N3S. The number of aryl methyl sites for hydroxylation is 2. The third kappa shape index (κ3) is 5.02. The standard InChI is InChI=1S/C14H27N3S/c1-12-14(13(2)17(3)16-12)11-15-9-7-5-6-8-10-18-4/h15H,5-11H2,1-4H3. The molecule has 0 aromatic carbocycles. The molecule has 0 saturated carbocycles. The molecule has 0 spiro atoms. The third-order valence-electron chi connectivity index (χ3n) is 3.41. The molecule has 0 aliphatic carbocycles. The summed E-state index contributed by atoms with van der Waals surface area (Å²) in [6.07, 6.45) is 7.54. The lowest BCUT2D eigenvalue weighted by Crippen LogP contribution is -2.15. The topological polar surface area (TPSA) is 29.9 Å². The van der Waals surface area contributed by atoms with Crippen LogP contribution >= 0.6 is 11.8 Å². The van der Waals surface area contributed by atoms with Gasteiger partial charge < -0.3 is 5.32 Å². The molecule has 0 amide bonds. The maximum atomic E-state index is 4.43. The minimum atomic E-state index is 0.955. The van der Waals surface area contributed by atoms with E-state index in [-0.39, 0.29) is 0 Å². The molecule has 18 heavy (non-hydrogen) atoms. The first-order valence-electron chi connectivity index (χ1n) is 6.85. The molecule has 3 nitrogen and oxygen atoms in total. The predicted molar refractivity (Wildman–Crippen MR) is 81.2 cm³/mol. The van der Waals surface area contributed by atoms with Gasteiger partial charge in [0.1, 0.15) is 0 Å². The Bertz CT molecular complexity index is 347. The zero-order valence-corrected chi connectivity index (χ0v) is 13.1. The van der Waals surface area contributed by atoms with Gasteiger partial charge in [-0.3, -0.25) is 4.68 Å². The Hall–Kier alpha value is -0.480. The van der Waals surface area contributed by atoms with Gasteiger partial charge in [0, 0.05) is 24.8 Å². The lowest BCUT2D eigenvalue weighted by molar-refractivity contribution is 0.597. The second-order valence-electron chi connectivity index (χ2n) is 4.86. The van der Waals surface area contributed by atoms with E-state index in [4.69, 9.17) is 0 Å². The first kappa shape index (κ1) is 15.6. The molecule has 1 rings (SSSR count). The average molecular weight is 269 g/mol. The van der Waals surface area contributed by atoms with Gasteiger partial charge in [0.2, 0.25) is 0 Å². The minimum Gasteiger partial charge on any atom is -0.313 e. The Morgan fingerprint density at radius 1 is 1.17 bits per heavy atom. The van der Waals surface area contributed by atoms with Gasteiger partial charge in [0.15, 0.2) is 0 Å². The number of rotatable bonds is 9. The van der Waals surface area contributed by atoms with E-state index in [2.05, 4.69) is 30.5 Å². The molecule has 4 heteroatoms. The fourth-order valence-corrected chi connectivity index (χ4v) is 2.63. The van der Waals surface area contributed by atoms with Gasteiger partial charge in [-0.2, -0.15) is 16.9 Å². The molecular weight excluding hydrogens is 242 g/mol. The molecule has 104 valence electrons. The van der Waals surface area contributed by atoms with Crippen molar-refractivity contribution in [1.82, 2.24) is 15.1 Å². The number of hydrogen-bond donors (Lipinski definition) is 1. The number of nitrogens with zero attached hydrogens (tertiary/aromatic N) is 2. The highest BCUT2D eigenvalue weighted by molar-refractivity contribution is 7.98. The van der Waals surface area contributed by atoms with Gasteiger partial charge in [0.05, 0.1) is 5.69 Å². The van der Waals surface area contributed by atoms with Crippen LogP contribution in [0.3, 0.4) is 0 Å². The number of aromatic nitrogens is 2. The maximum absolute atomic E-state index is 4.43. The molecule has 0 atom stereocenters. The lowest BCUT2D eigenvalue weighted by Gasteiger charge is -2.05. The fraction of sp³-hybridized carbons (Fsp3) is 0.786. The van der Waals surface area contributed by atoms with E-state index in [1.165, 1.54) is 42.7 Å². The first-order valence-corrected chi connectivity index (χ1v) is 8.25. The van der Waals surface area contributed by atoms with Crippen molar-refractivity contribution in [3.63, 3.8) is 0 Å². The third-order valence-corrected chi connectivity index (χ3v) is 4.11. The quantitative estimate of drug-likeness (QED) is 0.699. The largest absolute Gasteiger partial charge is 0.313 e. The van der Waals surface area contributed by atoms with E-state index >= 15 is 0 Å². The molecule has 0 aliphatic rings. The monoisotopic (exact) mass is 269 g/mol. The van der Waals surface area contributed by atoms with Crippen LogP contribution in [0.5, 0.6) is 0 Å². The van der Waals surface area contributed by atoms with Crippen LogP contribution in [0.15, 0.2) is 0 Å². The van der Waals surface area contributed by atoms with Crippen LogP contribution in [0.25, 0.3) is 0 Å².